The Balaban J connectivity index is 1.44. The van der Waals surface area contributed by atoms with Gasteiger partial charge in [-0.05, 0) is 56.0 Å². The number of anilines is 1. The molecule has 3 aromatic rings. The number of likely N-dealkylation sites (N-methyl/N-ethyl adjacent to an activating group) is 1. The zero-order valence-electron chi connectivity index (χ0n) is 20.8. The molecule has 0 amide bonds. The van der Waals surface area contributed by atoms with Crippen LogP contribution in [-0.4, -0.2) is 48.0 Å². The Kier molecular flexibility index (Phi) is 5.94. The molecule has 0 radical (unpaired) electrons. The predicted molar refractivity (Wildman–Crippen MR) is 136 cm³/mol. The van der Waals surface area contributed by atoms with Gasteiger partial charge >= 0.3 is 0 Å². The first kappa shape index (κ1) is 23.3. The highest BCUT2D eigenvalue weighted by Gasteiger charge is 2.40. The van der Waals surface area contributed by atoms with Gasteiger partial charge in [0.2, 0.25) is 5.89 Å². The number of aromatic nitrogens is 1. The van der Waals surface area contributed by atoms with E-state index in [0.29, 0.717) is 12.2 Å². The standard InChI is InChI=1S/C28H32N4O3/c1-5-14-34-19-7-8-20-23(16-19)31(4)26(33)21(17-29)25(20)32-12-10-28(3,11-13-32)27-30-22-15-18(2)6-9-24(22)35-27/h6-9,15-16,26,33H,5,10-14H2,1-4H3. The fraction of sp³-hybridized carbons (Fsp3) is 0.429. The van der Waals surface area contributed by atoms with Crippen LogP contribution in [0.25, 0.3) is 16.8 Å². The fourth-order valence-corrected chi connectivity index (χ4v) is 5.09. The highest BCUT2D eigenvalue weighted by Crippen LogP contribution is 2.44. The number of piperidine rings is 1. The summed E-state index contributed by atoms with van der Waals surface area (Å²) in [6.45, 7) is 8.44. The molecule has 0 bridgehead atoms. The maximum Gasteiger partial charge on any atom is 0.201 e. The van der Waals surface area contributed by atoms with E-state index in [1.807, 2.05) is 37.4 Å². The Morgan fingerprint density at radius 1 is 1.23 bits per heavy atom. The topological polar surface area (TPSA) is 85.8 Å². The smallest absolute Gasteiger partial charge is 0.201 e. The van der Waals surface area contributed by atoms with Crippen molar-refractivity contribution in [2.24, 2.45) is 0 Å². The summed E-state index contributed by atoms with van der Waals surface area (Å²) >= 11 is 0. The molecule has 0 saturated carbocycles. The monoisotopic (exact) mass is 472 g/mol. The van der Waals surface area contributed by atoms with E-state index in [9.17, 15) is 10.4 Å². The number of oxazole rings is 1. The summed E-state index contributed by atoms with van der Waals surface area (Å²) in [6, 6.07) is 14.3. The lowest BCUT2D eigenvalue weighted by Gasteiger charge is -2.43. The van der Waals surface area contributed by atoms with Crippen molar-refractivity contribution in [3.63, 3.8) is 0 Å². The molecule has 1 unspecified atom stereocenters. The van der Waals surface area contributed by atoms with E-state index in [4.69, 9.17) is 14.1 Å². The van der Waals surface area contributed by atoms with Crippen molar-refractivity contribution in [2.75, 3.05) is 31.6 Å². The lowest BCUT2D eigenvalue weighted by Crippen LogP contribution is -2.44. The third-order valence-corrected chi connectivity index (χ3v) is 7.32. The molecule has 0 aliphatic carbocycles. The molecule has 3 heterocycles. The van der Waals surface area contributed by atoms with Crippen molar-refractivity contribution in [3.8, 4) is 11.8 Å². The van der Waals surface area contributed by atoms with Crippen LogP contribution in [0.4, 0.5) is 5.69 Å². The Bertz CT molecular complexity index is 1330. The molecule has 7 nitrogen and oxygen atoms in total. The maximum absolute atomic E-state index is 11.0. The second kappa shape index (κ2) is 8.94. The Labute approximate surface area is 206 Å². The summed E-state index contributed by atoms with van der Waals surface area (Å²) in [4.78, 5) is 8.79. The number of nitrogens with zero attached hydrogens (tertiary/aromatic N) is 4. The molecule has 35 heavy (non-hydrogen) atoms. The van der Waals surface area contributed by atoms with Gasteiger partial charge < -0.3 is 24.1 Å². The van der Waals surface area contributed by atoms with E-state index < -0.39 is 6.23 Å². The molecule has 182 valence electrons. The van der Waals surface area contributed by atoms with Gasteiger partial charge in [-0.15, -0.1) is 0 Å². The number of aliphatic hydroxyl groups is 1. The van der Waals surface area contributed by atoms with Crippen LogP contribution in [0.5, 0.6) is 5.75 Å². The highest BCUT2D eigenvalue weighted by atomic mass is 16.5. The highest BCUT2D eigenvalue weighted by molar-refractivity contribution is 5.85. The van der Waals surface area contributed by atoms with Crippen molar-refractivity contribution < 1.29 is 14.3 Å². The van der Waals surface area contributed by atoms with Crippen molar-refractivity contribution >= 4 is 22.5 Å². The van der Waals surface area contributed by atoms with E-state index in [2.05, 4.69) is 37.8 Å². The number of ether oxygens (including phenoxy) is 1. The van der Waals surface area contributed by atoms with E-state index in [-0.39, 0.29) is 5.41 Å². The number of hydrogen-bond acceptors (Lipinski definition) is 7. The van der Waals surface area contributed by atoms with E-state index in [0.717, 1.165) is 77.6 Å². The summed E-state index contributed by atoms with van der Waals surface area (Å²) in [7, 11) is 1.81. The molecule has 1 saturated heterocycles. The first-order valence-corrected chi connectivity index (χ1v) is 12.3. The number of rotatable bonds is 5. The number of fused-ring (bicyclic) bond motifs is 2. The zero-order chi connectivity index (χ0) is 24.7. The van der Waals surface area contributed by atoms with Gasteiger partial charge in [0.15, 0.2) is 11.8 Å². The number of benzene rings is 2. The summed E-state index contributed by atoms with van der Waals surface area (Å²) in [5, 5.41) is 21.0. The SMILES string of the molecule is CCCOc1ccc2c(c1)N(C)C(O)C(C#N)=C2N1CCC(C)(c2nc3cc(C)ccc3o2)CC1. The Morgan fingerprint density at radius 2 is 2.00 bits per heavy atom. The number of nitriles is 1. The Morgan fingerprint density at radius 3 is 2.71 bits per heavy atom. The van der Waals surface area contributed by atoms with Crippen molar-refractivity contribution in [2.45, 2.75) is 51.7 Å². The van der Waals surface area contributed by atoms with Crippen molar-refractivity contribution in [3.05, 3.63) is 59.0 Å². The average Bonchev–Trinajstić information content (AvgIpc) is 3.29. The van der Waals surface area contributed by atoms with Gasteiger partial charge in [-0.1, -0.05) is 19.9 Å². The molecular formula is C28H32N4O3. The third kappa shape index (κ3) is 4.02. The van der Waals surface area contributed by atoms with Gasteiger partial charge in [-0.2, -0.15) is 5.26 Å². The van der Waals surface area contributed by atoms with E-state index in [1.54, 1.807) is 4.90 Å². The number of aliphatic hydroxyl groups excluding tert-OH is 1. The third-order valence-electron chi connectivity index (χ3n) is 7.32. The molecule has 1 atom stereocenters. The van der Waals surface area contributed by atoms with Crippen LogP contribution in [0.3, 0.4) is 0 Å². The van der Waals surface area contributed by atoms with Gasteiger partial charge in [-0.3, -0.25) is 0 Å². The molecule has 2 aliphatic heterocycles. The maximum atomic E-state index is 11.0. The molecule has 2 aliphatic rings. The van der Waals surface area contributed by atoms with Gasteiger partial charge in [0, 0.05) is 37.2 Å². The van der Waals surface area contributed by atoms with Crippen LogP contribution < -0.4 is 9.64 Å². The average molecular weight is 473 g/mol. The van der Waals surface area contributed by atoms with Crippen molar-refractivity contribution in [1.29, 1.82) is 5.26 Å². The van der Waals surface area contributed by atoms with E-state index in [1.165, 1.54) is 0 Å². The molecule has 1 aromatic heterocycles. The van der Waals surface area contributed by atoms with Gasteiger partial charge in [0.25, 0.3) is 0 Å². The predicted octanol–water partition coefficient (Wildman–Crippen LogP) is 4.98. The number of hydrogen-bond donors (Lipinski definition) is 1. The fourth-order valence-electron chi connectivity index (χ4n) is 5.09. The summed E-state index contributed by atoms with van der Waals surface area (Å²) in [6.07, 6.45) is 1.59. The molecule has 1 N–H and O–H groups in total. The Hall–Kier alpha value is -3.50. The summed E-state index contributed by atoms with van der Waals surface area (Å²) in [5.74, 6) is 1.54. The lowest BCUT2D eigenvalue weighted by atomic mass is 9.79. The molecule has 0 spiro atoms. The molecule has 1 fully saturated rings. The normalized spacial score (nSPS) is 19.6. The zero-order valence-corrected chi connectivity index (χ0v) is 20.8. The van der Waals surface area contributed by atoms with Crippen LogP contribution in [0, 0.1) is 18.3 Å². The summed E-state index contributed by atoms with van der Waals surface area (Å²) < 4.78 is 12.0. The van der Waals surface area contributed by atoms with Gasteiger partial charge in [0.05, 0.1) is 18.0 Å². The van der Waals surface area contributed by atoms with E-state index >= 15 is 0 Å². The quantitative estimate of drug-likeness (QED) is 0.560. The molecular weight excluding hydrogens is 440 g/mol. The molecule has 7 heteroatoms. The minimum absolute atomic E-state index is 0.193. The minimum atomic E-state index is -1.00. The van der Waals surface area contributed by atoms with Crippen LogP contribution in [0.1, 0.15) is 50.1 Å². The van der Waals surface area contributed by atoms with Crippen LogP contribution in [0.15, 0.2) is 46.4 Å². The van der Waals surface area contributed by atoms with Crippen LogP contribution >= 0.6 is 0 Å². The second-order valence-corrected chi connectivity index (χ2v) is 9.92. The first-order chi connectivity index (χ1) is 16.8. The largest absolute Gasteiger partial charge is 0.494 e. The summed E-state index contributed by atoms with van der Waals surface area (Å²) in [5.41, 5.74) is 5.68. The number of aryl methyl sites for hydroxylation is 1. The molecule has 5 rings (SSSR count). The van der Waals surface area contributed by atoms with Crippen LogP contribution in [-0.2, 0) is 5.41 Å². The van der Waals surface area contributed by atoms with Gasteiger partial charge in [0.1, 0.15) is 22.9 Å². The first-order valence-electron chi connectivity index (χ1n) is 12.3. The number of likely N-dealkylation sites (tertiary alicyclic amines) is 1. The van der Waals surface area contributed by atoms with Gasteiger partial charge in [-0.25, -0.2) is 4.98 Å². The minimum Gasteiger partial charge on any atom is -0.494 e. The lowest BCUT2D eigenvalue weighted by molar-refractivity contribution is 0.190. The van der Waals surface area contributed by atoms with Crippen molar-refractivity contribution in [1.82, 2.24) is 9.88 Å². The molecule has 2 aromatic carbocycles. The second-order valence-electron chi connectivity index (χ2n) is 9.92. The van der Waals surface area contributed by atoms with Crippen LogP contribution in [0.2, 0.25) is 0 Å².